The Kier molecular flexibility index (Phi) is 3.74. The maximum Gasteiger partial charge on any atom is 0.350 e. The van der Waals surface area contributed by atoms with E-state index in [0.717, 1.165) is 19.4 Å². The normalized spacial score (nSPS) is 15.0. The van der Waals surface area contributed by atoms with E-state index in [0.29, 0.717) is 12.8 Å². The first-order valence-electron chi connectivity index (χ1n) is 5.93. The van der Waals surface area contributed by atoms with Crippen LogP contribution in [0.1, 0.15) is 23.2 Å². The van der Waals surface area contributed by atoms with Crippen molar-refractivity contribution >= 4 is 17.6 Å². The fraction of sp³-hybridized carbons (Fsp3) is 0.417. The number of nitrogens with zero attached hydrogens (tertiary/aromatic N) is 2. The van der Waals surface area contributed by atoms with Crippen LogP contribution in [0.2, 0.25) is 0 Å². The minimum absolute atomic E-state index is 0.0838. The molecule has 1 heterocycles. The lowest BCUT2D eigenvalue weighted by Crippen LogP contribution is -2.31. The molecule has 0 unspecified atom stereocenters. The van der Waals surface area contributed by atoms with Gasteiger partial charge in [0.15, 0.2) is 0 Å². The minimum Gasteiger partial charge on any atom is -0.466 e. The summed E-state index contributed by atoms with van der Waals surface area (Å²) in [5, 5.41) is 11.0. The van der Waals surface area contributed by atoms with E-state index >= 15 is 0 Å². The summed E-state index contributed by atoms with van der Waals surface area (Å²) in [4.78, 5) is 37.0. The number of carbonyl (C=O) groups is 2. The van der Waals surface area contributed by atoms with Gasteiger partial charge in [-0.3, -0.25) is 10.1 Å². The topological polar surface area (TPSA) is 118 Å². The van der Waals surface area contributed by atoms with E-state index in [4.69, 9.17) is 4.74 Å². The summed E-state index contributed by atoms with van der Waals surface area (Å²) >= 11 is 0. The van der Waals surface area contributed by atoms with E-state index in [1.54, 1.807) is 0 Å². The lowest BCUT2D eigenvalue weighted by Gasteiger charge is -2.14. The highest BCUT2D eigenvalue weighted by Gasteiger charge is 2.55. The second-order valence-corrected chi connectivity index (χ2v) is 4.38. The zero-order valence-corrected chi connectivity index (χ0v) is 11.3. The summed E-state index contributed by atoms with van der Waals surface area (Å²) in [7, 11) is 2.35. The van der Waals surface area contributed by atoms with E-state index in [1.807, 2.05) is 0 Å². The predicted molar refractivity (Wildman–Crippen MR) is 66.8 cm³/mol. The molecule has 0 aliphatic heterocycles. The molecule has 112 valence electrons. The maximum absolute atomic E-state index is 11.6. The van der Waals surface area contributed by atoms with Crippen LogP contribution in [0.25, 0.3) is 0 Å². The van der Waals surface area contributed by atoms with Crippen LogP contribution in [0.5, 0.6) is 5.88 Å². The Hall–Kier alpha value is -2.71. The second kappa shape index (κ2) is 5.35. The van der Waals surface area contributed by atoms with Gasteiger partial charge in [-0.1, -0.05) is 0 Å². The van der Waals surface area contributed by atoms with Crippen molar-refractivity contribution in [1.82, 2.24) is 4.98 Å². The standard InChI is InChI=1S/C12H12N2O7/c1-19-10(15)7-5-8(14(17)18)9(13-6-7)21-12(3-4-12)11(16)20-2/h5-6H,3-4H2,1-2H3. The third-order valence-electron chi connectivity index (χ3n) is 3.00. The second-order valence-electron chi connectivity index (χ2n) is 4.38. The highest BCUT2D eigenvalue weighted by Crippen LogP contribution is 2.43. The summed E-state index contributed by atoms with van der Waals surface area (Å²) < 4.78 is 14.4. The third kappa shape index (κ3) is 2.76. The molecule has 21 heavy (non-hydrogen) atoms. The monoisotopic (exact) mass is 296 g/mol. The summed E-state index contributed by atoms with van der Waals surface area (Å²) in [6.07, 6.45) is 1.86. The minimum atomic E-state index is -1.22. The molecule has 0 bridgehead atoms. The van der Waals surface area contributed by atoms with Crippen molar-refractivity contribution in [2.75, 3.05) is 14.2 Å². The molecule has 0 amide bonds. The Morgan fingerprint density at radius 3 is 2.48 bits per heavy atom. The van der Waals surface area contributed by atoms with Crippen LogP contribution in [0, 0.1) is 10.1 Å². The van der Waals surface area contributed by atoms with Gasteiger partial charge in [0.2, 0.25) is 5.60 Å². The Bertz CT molecular complexity index is 610. The lowest BCUT2D eigenvalue weighted by atomic mass is 10.2. The number of nitro groups is 1. The molecular formula is C12H12N2O7. The fourth-order valence-corrected chi connectivity index (χ4v) is 1.71. The molecule has 1 aromatic heterocycles. The zero-order valence-electron chi connectivity index (χ0n) is 11.3. The van der Waals surface area contributed by atoms with E-state index in [1.165, 1.54) is 7.11 Å². The van der Waals surface area contributed by atoms with Gasteiger partial charge >= 0.3 is 17.6 Å². The van der Waals surface area contributed by atoms with Crippen LogP contribution in [-0.4, -0.2) is 41.7 Å². The first-order chi connectivity index (χ1) is 9.93. The molecule has 0 N–H and O–H groups in total. The number of esters is 2. The molecule has 1 aliphatic carbocycles. The lowest BCUT2D eigenvalue weighted by molar-refractivity contribution is -0.386. The van der Waals surface area contributed by atoms with Gasteiger partial charge in [0.25, 0.3) is 5.88 Å². The predicted octanol–water partition coefficient (Wildman–Crippen LogP) is 0.861. The Morgan fingerprint density at radius 2 is 2.00 bits per heavy atom. The Balaban J connectivity index is 2.34. The zero-order chi connectivity index (χ0) is 15.6. The molecule has 1 aromatic rings. The summed E-state index contributed by atoms with van der Waals surface area (Å²) in [6, 6.07) is 0.988. The smallest absolute Gasteiger partial charge is 0.350 e. The number of aromatic nitrogens is 1. The van der Waals surface area contributed by atoms with Crippen molar-refractivity contribution < 1.29 is 28.7 Å². The van der Waals surface area contributed by atoms with Gasteiger partial charge in [-0.2, -0.15) is 0 Å². The summed E-state index contributed by atoms with van der Waals surface area (Å²) in [6.45, 7) is 0. The van der Waals surface area contributed by atoms with Crippen molar-refractivity contribution in [3.8, 4) is 5.88 Å². The fourth-order valence-electron chi connectivity index (χ4n) is 1.71. The average Bonchev–Trinajstić information content (AvgIpc) is 3.26. The van der Waals surface area contributed by atoms with Crippen molar-refractivity contribution in [1.29, 1.82) is 0 Å². The van der Waals surface area contributed by atoms with Crippen molar-refractivity contribution in [2.24, 2.45) is 0 Å². The number of rotatable bonds is 5. The van der Waals surface area contributed by atoms with E-state index in [-0.39, 0.29) is 11.4 Å². The number of pyridine rings is 1. The Labute approximate surface area is 119 Å². The molecule has 1 saturated carbocycles. The quantitative estimate of drug-likeness (QED) is 0.446. The van der Waals surface area contributed by atoms with Crippen LogP contribution >= 0.6 is 0 Å². The summed E-state index contributed by atoms with van der Waals surface area (Å²) in [5.74, 6) is -1.71. The number of hydrogen-bond acceptors (Lipinski definition) is 8. The molecule has 9 nitrogen and oxygen atoms in total. The number of ether oxygens (including phenoxy) is 3. The van der Waals surface area contributed by atoms with E-state index < -0.39 is 28.2 Å². The van der Waals surface area contributed by atoms with Crippen LogP contribution < -0.4 is 4.74 Å². The molecule has 2 rings (SSSR count). The molecule has 0 aromatic carbocycles. The largest absolute Gasteiger partial charge is 0.466 e. The molecular weight excluding hydrogens is 284 g/mol. The van der Waals surface area contributed by atoms with Crippen LogP contribution in [0.3, 0.4) is 0 Å². The molecule has 1 aliphatic rings. The van der Waals surface area contributed by atoms with Crippen LogP contribution in [0.15, 0.2) is 12.3 Å². The third-order valence-corrected chi connectivity index (χ3v) is 3.00. The molecule has 0 saturated heterocycles. The SMILES string of the molecule is COC(=O)c1cnc(OC2(C(=O)OC)CC2)c([N+](=O)[O-])c1. The van der Waals surface area contributed by atoms with E-state index in [9.17, 15) is 19.7 Å². The van der Waals surface area contributed by atoms with E-state index in [2.05, 4.69) is 14.5 Å². The number of carbonyl (C=O) groups excluding carboxylic acids is 2. The van der Waals surface area contributed by atoms with Crippen molar-refractivity contribution in [3.63, 3.8) is 0 Å². The number of hydrogen-bond donors (Lipinski definition) is 0. The molecule has 1 fully saturated rings. The Morgan fingerprint density at radius 1 is 1.33 bits per heavy atom. The highest BCUT2D eigenvalue weighted by atomic mass is 16.6. The number of methoxy groups -OCH3 is 2. The maximum atomic E-state index is 11.6. The highest BCUT2D eigenvalue weighted by molar-refractivity contribution is 5.90. The van der Waals surface area contributed by atoms with Gasteiger partial charge in [0.05, 0.1) is 24.7 Å². The molecule has 9 heteroatoms. The first-order valence-corrected chi connectivity index (χ1v) is 5.93. The summed E-state index contributed by atoms with van der Waals surface area (Å²) in [5.41, 5.74) is -1.83. The molecule has 0 atom stereocenters. The van der Waals surface area contributed by atoms with Crippen LogP contribution in [-0.2, 0) is 14.3 Å². The average molecular weight is 296 g/mol. The van der Waals surface area contributed by atoms with Gasteiger partial charge in [0, 0.05) is 25.1 Å². The van der Waals surface area contributed by atoms with Gasteiger partial charge in [0.1, 0.15) is 0 Å². The van der Waals surface area contributed by atoms with Gasteiger partial charge in [-0.25, -0.2) is 14.6 Å². The van der Waals surface area contributed by atoms with Crippen molar-refractivity contribution in [2.45, 2.75) is 18.4 Å². The van der Waals surface area contributed by atoms with Gasteiger partial charge < -0.3 is 14.2 Å². The van der Waals surface area contributed by atoms with Crippen LogP contribution in [0.4, 0.5) is 5.69 Å². The van der Waals surface area contributed by atoms with Gasteiger partial charge in [-0.15, -0.1) is 0 Å². The van der Waals surface area contributed by atoms with Crippen molar-refractivity contribution in [3.05, 3.63) is 27.9 Å². The van der Waals surface area contributed by atoms with Gasteiger partial charge in [-0.05, 0) is 0 Å². The molecule has 0 spiro atoms. The first kappa shape index (κ1) is 14.7. The molecule has 0 radical (unpaired) electrons.